The molecule has 48 valence electrons. The topological polar surface area (TPSA) is 83.6 Å². The van der Waals surface area contributed by atoms with E-state index in [4.69, 9.17) is 13.0 Å². The third-order valence-electron chi connectivity index (χ3n) is 0.710. The van der Waals surface area contributed by atoms with Crippen LogP contribution in [0.4, 0.5) is 0 Å². The molecule has 0 saturated heterocycles. The Labute approximate surface area is 49.9 Å². The standard InChI is InChI=1S/C4H9NO3/c1-2(6)3(5)4(7)8/h2-3,6H,5H2,1H3,(H,7,8)/t2-,3-/m0/s1/i/hD2. The molecular formula is C4H9NO3. The highest BCUT2D eigenvalue weighted by atomic mass is 16.4. The summed E-state index contributed by atoms with van der Waals surface area (Å²) in [5.74, 6) is -1.37. The largest absolute Gasteiger partial charge is 0.480 e. The van der Waals surface area contributed by atoms with Crippen LogP contribution in [-0.4, -0.2) is 28.3 Å². The Morgan fingerprint density at radius 3 is 2.50 bits per heavy atom. The van der Waals surface area contributed by atoms with Crippen LogP contribution in [0.15, 0.2) is 0 Å². The zero-order valence-electron chi connectivity index (χ0n) is 6.40. The first-order valence-electron chi connectivity index (χ1n) is 3.04. The fourth-order valence-corrected chi connectivity index (χ4v) is 0.206. The Morgan fingerprint density at radius 1 is 2.00 bits per heavy atom. The summed E-state index contributed by atoms with van der Waals surface area (Å²) in [5.41, 5.74) is -0.0347. The summed E-state index contributed by atoms with van der Waals surface area (Å²) in [6.07, 6.45) is -1.22. The predicted molar refractivity (Wildman–Crippen MR) is 27.3 cm³/mol. The van der Waals surface area contributed by atoms with E-state index in [1.807, 2.05) is 0 Å². The molecule has 0 aliphatic rings. The van der Waals surface area contributed by atoms with Gasteiger partial charge in [0.1, 0.15) is 8.87 Å². The van der Waals surface area contributed by atoms with Crippen LogP contribution in [0.3, 0.4) is 0 Å². The third-order valence-corrected chi connectivity index (χ3v) is 0.710. The maximum Gasteiger partial charge on any atom is 0.323 e. The molecule has 0 aliphatic heterocycles. The van der Waals surface area contributed by atoms with Gasteiger partial charge in [-0.15, -0.1) is 0 Å². The Morgan fingerprint density at radius 2 is 2.50 bits per heavy atom. The smallest absolute Gasteiger partial charge is 0.323 e. The van der Waals surface area contributed by atoms with Crippen LogP contribution in [0.5, 0.6) is 0 Å². The second-order valence-electron chi connectivity index (χ2n) is 1.52. The van der Waals surface area contributed by atoms with E-state index in [0.717, 1.165) is 0 Å². The van der Waals surface area contributed by atoms with Crippen molar-refractivity contribution in [1.29, 1.82) is 0 Å². The molecule has 0 bridgehead atoms. The van der Waals surface area contributed by atoms with Crippen LogP contribution in [-0.2, 0) is 4.79 Å². The molecule has 0 heterocycles. The minimum absolute atomic E-state index is 0.0347. The monoisotopic (exact) mass is 121 g/mol. The molecule has 0 rings (SSSR count). The average Bonchev–Trinajstić information content (AvgIpc) is 1.59. The highest BCUT2D eigenvalue weighted by Gasteiger charge is 2.16. The van der Waals surface area contributed by atoms with Gasteiger partial charge in [0.2, 0.25) is 0 Å². The quantitative estimate of drug-likeness (QED) is 0.437. The molecule has 0 saturated carbocycles. The number of hydrogen-bond acceptors (Lipinski definition) is 3. The zero-order chi connectivity index (χ0) is 8.31. The van der Waals surface area contributed by atoms with E-state index in [1.54, 1.807) is 0 Å². The molecule has 2 atom stereocenters. The molecule has 0 aromatic carbocycles. The summed E-state index contributed by atoms with van der Waals surface area (Å²) in [6, 6.07) is -1.47. The number of aliphatic carboxylic acids is 1. The number of rotatable bonds is 3. The van der Waals surface area contributed by atoms with Crippen molar-refractivity contribution in [2.24, 2.45) is 5.72 Å². The van der Waals surface area contributed by atoms with Crippen LogP contribution in [0.25, 0.3) is 0 Å². The molecule has 0 aliphatic carbocycles. The first-order valence-corrected chi connectivity index (χ1v) is 2.14. The number of hydrogen-bond donors (Lipinski definition) is 3. The molecule has 0 radical (unpaired) electrons. The maximum atomic E-state index is 10.1. The van der Waals surface area contributed by atoms with E-state index in [-0.39, 0.29) is 5.72 Å². The van der Waals surface area contributed by atoms with E-state index in [0.29, 0.717) is 0 Å². The summed E-state index contributed by atoms with van der Waals surface area (Å²) in [5, 5.41) is 17.0. The summed E-state index contributed by atoms with van der Waals surface area (Å²) >= 11 is 0. The highest BCUT2D eigenvalue weighted by molar-refractivity contribution is 5.73. The molecule has 0 unspecified atom stereocenters. The number of nitrogens with two attached hydrogens (primary N) is 1. The maximum absolute atomic E-state index is 10.1. The van der Waals surface area contributed by atoms with Crippen LogP contribution < -0.4 is 5.72 Å². The second-order valence-corrected chi connectivity index (χ2v) is 1.52. The molecular weight excluding hydrogens is 110 g/mol. The van der Waals surface area contributed by atoms with Crippen LogP contribution in [0.2, 0.25) is 2.82 Å². The van der Waals surface area contributed by atoms with Crippen LogP contribution >= 0.6 is 0 Å². The van der Waals surface area contributed by atoms with E-state index in [9.17, 15) is 4.79 Å². The van der Waals surface area contributed by atoms with Gasteiger partial charge in [-0.2, -0.15) is 0 Å². The van der Waals surface area contributed by atoms with Crippen molar-refractivity contribution < 1.29 is 17.8 Å². The zero-order valence-corrected chi connectivity index (χ0v) is 4.40. The molecule has 0 fully saturated rings. The van der Waals surface area contributed by atoms with Gasteiger partial charge >= 0.3 is 5.97 Å². The number of aliphatic hydroxyl groups is 1. The van der Waals surface area contributed by atoms with E-state index < -0.39 is 18.1 Å². The first kappa shape index (κ1) is 4.29. The van der Waals surface area contributed by atoms with Crippen molar-refractivity contribution in [2.45, 2.75) is 19.1 Å². The molecule has 4 nitrogen and oxygen atoms in total. The van der Waals surface area contributed by atoms with Gasteiger partial charge in [-0.05, 0) is 6.92 Å². The van der Waals surface area contributed by atoms with Gasteiger partial charge < -0.3 is 15.9 Å². The van der Waals surface area contributed by atoms with Crippen molar-refractivity contribution >= 4 is 5.97 Å². The Hall–Kier alpha value is -0.610. The molecule has 0 aromatic rings. The van der Waals surface area contributed by atoms with E-state index in [2.05, 4.69) is 0 Å². The number of carbonyl (C=O) groups is 1. The van der Waals surface area contributed by atoms with E-state index >= 15 is 0 Å². The first-order chi connectivity index (χ1) is 4.46. The lowest BCUT2D eigenvalue weighted by atomic mass is 10.2. The van der Waals surface area contributed by atoms with Gasteiger partial charge in [0, 0.05) is 0 Å². The number of carboxylic acid groups (broad SMARTS) is 1. The van der Waals surface area contributed by atoms with Crippen LogP contribution in [0.1, 0.15) is 6.92 Å². The lowest BCUT2D eigenvalue weighted by molar-refractivity contribution is -0.140. The van der Waals surface area contributed by atoms with Gasteiger partial charge in [0.05, 0.1) is 6.10 Å². The second kappa shape index (κ2) is 2.64. The summed E-state index contributed by atoms with van der Waals surface area (Å²) in [4.78, 5) is 10.1. The fraction of sp³-hybridized carbons (Fsp3) is 0.750. The molecule has 4 heteroatoms. The van der Waals surface area contributed by atoms with Gasteiger partial charge in [0.15, 0.2) is 0 Å². The average molecular weight is 121 g/mol. The summed E-state index contributed by atoms with van der Waals surface area (Å²) in [6.45, 7) is 1.22. The minimum Gasteiger partial charge on any atom is -0.480 e. The lowest BCUT2D eigenvalue weighted by Crippen LogP contribution is -2.39. The normalized spacial score (nSPS) is 21.4. The number of carboxylic acids is 1. The minimum atomic E-state index is -1.47. The van der Waals surface area contributed by atoms with Crippen molar-refractivity contribution in [3.63, 3.8) is 0 Å². The summed E-state index contributed by atoms with van der Waals surface area (Å²) in [7, 11) is 0. The third kappa shape index (κ3) is 1.90. The Kier molecular flexibility index (Phi) is 1.41. The van der Waals surface area contributed by atoms with Crippen molar-refractivity contribution in [2.75, 3.05) is 0 Å². The van der Waals surface area contributed by atoms with Gasteiger partial charge in [-0.1, -0.05) is 0 Å². The fourth-order valence-electron chi connectivity index (χ4n) is 0.206. The summed E-state index contributed by atoms with van der Waals surface area (Å²) < 4.78 is 13.1. The molecule has 0 amide bonds. The molecule has 4 N–H and O–H groups in total. The van der Waals surface area contributed by atoms with Crippen molar-refractivity contribution in [3.8, 4) is 0 Å². The Bertz CT molecular complexity index is 120. The Balaban J connectivity index is 4.12. The van der Waals surface area contributed by atoms with Gasteiger partial charge in [0.25, 0.3) is 0 Å². The molecule has 8 heavy (non-hydrogen) atoms. The molecule has 0 aromatic heterocycles. The molecule has 0 spiro atoms. The van der Waals surface area contributed by atoms with Crippen molar-refractivity contribution in [3.05, 3.63) is 0 Å². The SMILES string of the molecule is [2H]N([2H])[C@H](C(=O)O)[C@H](C)O. The van der Waals surface area contributed by atoms with Crippen molar-refractivity contribution in [1.82, 2.24) is 0 Å². The highest BCUT2D eigenvalue weighted by Crippen LogP contribution is 1.85. The van der Waals surface area contributed by atoms with Crippen LogP contribution in [0, 0.1) is 0 Å². The lowest BCUT2D eigenvalue weighted by Gasteiger charge is -2.06. The van der Waals surface area contributed by atoms with Gasteiger partial charge in [-0.3, -0.25) is 4.79 Å². The number of aliphatic hydroxyl groups excluding tert-OH is 1. The van der Waals surface area contributed by atoms with E-state index in [1.165, 1.54) is 6.92 Å². The predicted octanol–water partition coefficient (Wildman–Crippen LogP) is -1.22. The van der Waals surface area contributed by atoms with Gasteiger partial charge in [-0.25, -0.2) is 0 Å².